The Labute approximate surface area is 124 Å². The molecule has 0 atom stereocenters. The van der Waals surface area contributed by atoms with Crippen molar-refractivity contribution in [2.24, 2.45) is 5.41 Å². The van der Waals surface area contributed by atoms with Gasteiger partial charge in [0, 0.05) is 13.1 Å². The number of nitrogens with zero attached hydrogens (tertiary/aromatic N) is 1. The van der Waals surface area contributed by atoms with Crippen LogP contribution in [0.15, 0.2) is 0 Å². The van der Waals surface area contributed by atoms with Crippen molar-refractivity contribution in [2.45, 2.75) is 59.3 Å². The summed E-state index contributed by atoms with van der Waals surface area (Å²) in [6.07, 6.45) is -2.32. The van der Waals surface area contributed by atoms with Gasteiger partial charge in [-0.15, -0.1) is 0 Å². The molecule has 0 fully saturated rings. The van der Waals surface area contributed by atoms with E-state index in [1.54, 1.807) is 0 Å². The maximum atomic E-state index is 13.0. The van der Waals surface area contributed by atoms with Gasteiger partial charge in [-0.1, -0.05) is 34.1 Å². The highest BCUT2D eigenvalue weighted by Crippen LogP contribution is 2.27. The van der Waals surface area contributed by atoms with Crippen molar-refractivity contribution >= 4 is 10.0 Å². The van der Waals surface area contributed by atoms with Crippen molar-refractivity contribution in [3.8, 4) is 0 Å². The minimum atomic E-state index is -4.52. The van der Waals surface area contributed by atoms with Gasteiger partial charge in [0.05, 0.1) is 0 Å². The predicted molar refractivity (Wildman–Crippen MR) is 75.3 cm³/mol. The molecule has 0 aliphatic carbocycles. The van der Waals surface area contributed by atoms with Gasteiger partial charge in [-0.05, 0) is 18.3 Å². The van der Waals surface area contributed by atoms with Crippen LogP contribution in [-0.4, -0.2) is 43.9 Å². The highest BCUT2D eigenvalue weighted by molar-refractivity contribution is 7.89. The lowest BCUT2D eigenvalue weighted by atomic mass is 9.92. The van der Waals surface area contributed by atoms with Crippen LogP contribution in [0.2, 0.25) is 0 Å². The topological polar surface area (TPSA) is 37.4 Å². The molecule has 0 aromatic rings. The van der Waals surface area contributed by atoms with Crippen molar-refractivity contribution in [3.05, 3.63) is 0 Å². The Morgan fingerprint density at radius 3 is 2.00 bits per heavy atom. The van der Waals surface area contributed by atoms with E-state index in [4.69, 9.17) is 0 Å². The summed E-state index contributed by atoms with van der Waals surface area (Å²) in [7, 11) is -4.42. The van der Waals surface area contributed by atoms with Gasteiger partial charge < -0.3 is 0 Å². The van der Waals surface area contributed by atoms with Gasteiger partial charge in [0.25, 0.3) is 0 Å². The van der Waals surface area contributed by atoms with E-state index in [9.17, 15) is 26.0 Å². The van der Waals surface area contributed by atoms with Crippen molar-refractivity contribution in [2.75, 3.05) is 18.8 Å². The largest absolute Gasteiger partial charge is 0.322 e. The minimum absolute atomic E-state index is 0.0607. The second kappa shape index (κ2) is 7.76. The summed E-state index contributed by atoms with van der Waals surface area (Å²) in [5, 5.41) is 0. The molecule has 21 heavy (non-hydrogen) atoms. The van der Waals surface area contributed by atoms with Gasteiger partial charge in [-0.3, -0.25) is 0 Å². The maximum absolute atomic E-state index is 13.0. The number of hydrogen-bond acceptors (Lipinski definition) is 2. The molecule has 0 aliphatic heterocycles. The second-order valence-corrected chi connectivity index (χ2v) is 8.35. The molecule has 0 bridgehead atoms. The first-order chi connectivity index (χ1) is 9.32. The van der Waals surface area contributed by atoms with Crippen LogP contribution in [0.5, 0.6) is 0 Å². The molecule has 8 heteroatoms. The van der Waals surface area contributed by atoms with Crippen molar-refractivity contribution in [3.63, 3.8) is 0 Å². The highest BCUT2D eigenvalue weighted by Gasteiger charge is 2.46. The molecule has 0 saturated carbocycles. The summed E-state index contributed by atoms with van der Waals surface area (Å²) in [5.41, 5.74) is -0.175. The monoisotopic (exact) mass is 335 g/mol. The van der Waals surface area contributed by atoms with E-state index in [1.165, 1.54) is 0 Å². The van der Waals surface area contributed by atoms with E-state index in [0.29, 0.717) is 19.3 Å². The zero-order valence-electron chi connectivity index (χ0n) is 13.0. The molecule has 0 radical (unpaired) electrons. The molecule has 0 aliphatic rings. The average molecular weight is 335 g/mol. The Kier molecular flexibility index (Phi) is 7.62. The maximum Gasteiger partial charge on any atom is 0.322 e. The van der Waals surface area contributed by atoms with E-state index in [-0.39, 0.29) is 18.5 Å². The van der Waals surface area contributed by atoms with Crippen LogP contribution in [0.3, 0.4) is 0 Å². The van der Waals surface area contributed by atoms with E-state index >= 15 is 0 Å². The van der Waals surface area contributed by atoms with E-state index in [1.807, 2.05) is 27.7 Å². The number of alkyl halides is 4. The van der Waals surface area contributed by atoms with Crippen LogP contribution in [0.4, 0.5) is 17.6 Å². The fraction of sp³-hybridized carbons (Fsp3) is 1.00. The Hall–Kier alpha value is -0.370. The molecule has 0 saturated heterocycles. The molecular weight excluding hydrogens is 310 g/mol. The van der Waals surface area contributed by atoms with Gasteiger partial charge in [0.2, 0.25) is 10.0 Å². The van der Waals surface area contributed by atoms with Crippen LogP contribution in [-0.2, 0) is 10.0 Å². The lowest BCUT2D eigenvalue weighted by Gasteiger charge is -2.27. The van der Waals surface area contributed by atoms with Gasteiger partial charge in [-0.2, -0.15) is 8.78 Å². The second-order valence-electron chi connectivity index (χ2n) is 6.38. The van der Waals surface area contributed by atoms with E-state index < -0.39 is 28.1 Å². The van der Waals surface area contributed by atoms with Gasteiger partial charge in [0.15, 0.2) is 0 Å². The SMILES string of the molecule is CCCCN(CCC(C)(C)C)S(=O)(=O)CC(F)(F)C(F)F. The third kappa shape index (κ3) is 7.99. The minimum Gasteiger partial charge on any atom is -0.212 e. The van der Waals surface area contributed by atoms with E-state index in [2.05, 4.69) is 0 Å². The quantitative estimate of drug-likeness (QED) is 0.602. The molecule has 0 unspecified atom stereocenters. The summed E-state index contributed by atoms with van der Waals surface area (Å²) in [6, 6.07) is 0. The van der Waals surface area contributed by atoms with Crippen LogP contribution >= 0.6 is 0 Å². The smallest absolute Gasteiger partial charge is 0.212 e. The Balaban J connectivity index is 5.03. The molecule has 0 amide bonds. The highest BCUT2D eigenvalue weighted by atomic mass is 32.2. The van der Waals surface area contributed by atoms with Crippen LogP contribution < -0.4 is 0 Å². The standard InChI is InChI=1S/C13H25F4NO2S/c1-5-6-8-18(9-7-12(2,3)4)21(19,20)10-13(16,17)11(14)15/h11H,5-10H2,1-4H3. The number of hydrogen-bond donors (Lipinski definition) is 0. The predicted octanol–water partition coefficient (Wildman–Crippen LogP) is 3.75. The fourth-order valence-corrected chi connectivity index (χ4v) is 3.15. The first-order valence-corrected chi connectivity index (χ1v) is 8.56. The molecule has 3 nitrogen and oxygen atoms in total. The Bertz CT molecular complexity index is 405. The van der Waals surface area contributed by atoms with Crippen molar-refractivity contribution < 1.29 is 26.0 Å². The van der Waals surface area contributed by atoms with Crippen molar-refractivity contribution in [1.29, 1.82) is 0 Å². The first kappa shape index (κ1) is 20.6. The molecule has 0 heterocycles. The third-order valence-corrected chi connectivity index (χ3v) is 4.86. The number of unbranched alkanes of at least 4 members (excludes halogenated alkanes) is 1. The van der Waals surface area contributed by atoms with Crippen LogP contribution in [0.1, 0.15) is 47.0 Å². The summed E-state index contributed by atoms with van der Waals surface area (Å²) >= 11 is 0. The Morgan fingerprint density at radius 1 is 1.10 bits per heavy atom. The van der Waals surface area contributed by atoms with Gasteiger partial charge in [0.1, 0.15) is 5.75 Å². The average Bonchev–Trinajstić information content (AvgIpc) is 2.25. The first-order valence-electron chi connectivity index (χ1n) is 6.95. The van der Waals surface area contributed by atoms with Gasteiger partial charge >= 0.3 is 12.3 Å². The number of sulfonamides is 1. The zero-order valence-corrected chi connectivity index (χ0v) is 13.8. The molecule has 0 N–H and O–H groups in total. The lowest BCUT2D eigenvalue weighted by molar-refractivity contribution is -0.111. The fourth-order valence-electron chi connectivity index (χ4n) is 1.58. The normalized spacial score (nSPS) is 14.2. The van der Waals surface area contributed by atoms with E-state index in [0.717, 1.165) is 4.31 Å². The summed E-state index contributed by atoms with van der Waals surface area (Å²) < 4.78 is 75.4. The summed E-state index contributed by atoms with van der Waals surface area (Å²) in [6.45, 7) is 7.66. The molecule has 128 valence electrons. The number of rotatable bonds is 9. The summed E-state index contributed by atoms with van der Waals surface area (Å²) in [5.74, 6) is -6.36. The molecule has 0 aromatic carbocycles. The van der Waals surface area contributed by atoms with Gasteiger partial charge in [-0.25, -0.2) is 21.5 Å². The third-order valence-electron chi connectivity index (χ3n) is 2.96. The zero-order chi connectivity index (χ0) is 16.9. The molecular formula is C13H25F4NO2S. The Morgan fingerprint density at radius 2 is 1.62 bits per heavy atom. The molecule has 0 rings (SSSR count). The number of halogens is 4. The molecule has 0 aromatic heterocycles. The summed E-state index contributed by atoms with van der Waals surface area (Å²) in [4.78, 5) is 0. The van der Waals surface area contributed by atoms with Crippen molar-refractivity contribution in [1.82, 2.24) is 4.31 Å². The van der Waals surface area contributed by atoms with Crippen LogP contribution in [0, 0.1) is 5.41 Å². The molecule has 0 spiro atoms. The lowest BCUT2D eigenvalue weighted by Crippen LogP contribution is -2.44. The van der Waals surface area contributed by atoms with Crippen LogP contribution in [0.25, 0.3) is 0 Å².